The predicted molar refractivity (Wildman–Crippen MR) is 107 cm³/mol. The summed E-state index contributed by atoms with van der Waals surface area (Å²) in [6.07, 6.45) is -4.23. The molecule has 0 spiro atoms. The fourth-order valence-electron chi connectivity index (χ4n) is 1.22. The van der Waals surface area contributed by atoms with E-state index in [0.717, 1.165) is 0 Å². The fourth-order valence-corrected chi connectivity index (χ4v) is 1.22. The molecule has 0 aromatic rings. The van der Waals surface area contributed by atoms with Crippen LogP contribution in [0.4, 0.5) is 19.2 Å². The molecule has 0 radical (unpaired) electrons. The molecule has 0 atom stereocenters. The van der Waals surface area contributed by atoms with Crippen molar-refractivity contribution >= 4 is 24.6 Å². The number of hydrogen-bond donors (Lipinski definition) is 0. The van der Waals surface area contributed by atoms with Gasteiger partial charge in [-0.3, -0.25) is 0 Å². The molecule has 0 N–H and O–H groups in total. The zero-order valence-corrected chi connectivity index (χ0v) is 20.1. The lowest BCUT2D eigenvalue weighted by Gasteiger charge is -2.20. The molecule has 10 heteroatoms. The van der Waals surface area contributed by atoms with Crippen molar-refractivity contribution in [3.05, 3.63) is 0 Å². The van der Waals surface area contributed by atoms with E-state index >= 15 is 0 Å². The maximum Gasteiger partial charge on any atom is 0.519 e. The standard InChI is InChI=1S/2C10H18O5/c2*1-9(2,3)14-7(11)13-8(12)15-10(4,5)6/h2*1-6H3. The maximum absolute atomic E-state index is 11.0. The van der Waals surface area contributed by atoms with Crippen molar-refractivity contribution in [2.45, 2.75) is 105 Å². The average Bonchev–Trinajstić information content (AvgIpc) is 2.27. The summed E-state index contributed by atoms with van der Waals surface area (Å²) < 4.78 is 27.6. The van der Waals surface area contributed by atoms with E-state index in [1.807, 2.05) is 0 Å². The van der Waals surface area contributed by atoms with Gasteiger partial charge in [-0.1, -0.05) is 0 Å². The minimum Gasteiger partial charge on any atom is -0.428 e. The van der Waals surface area contributed by atoms with Gasteiger partial charge >= 0.3 is 24.6 Å². The highest BCUT2D eigenvalue weighted by molar-refractivity contribution is 5.77. The summed E-state index contributed by atoms with van der Waals surface area (Å²) in [4.78, 5) is 44.0. The first-order valence-electron chi connectivity index (χ1n) is 9.27. The van der Waals surface area contributed by atoms with Gasteiger partial charge in [-0.05, 0) is 83.1 Å². The minimum absolute atomic E-state index is 0.695. The van der Waals surface area contributed by atoms with Crippen LogP contribution in [0.3, 0.4) is 0 Å². The van der Waals surface area contributed by atoms with Crippen molar-refractivity contribution in [1.82, 2.24) is 0 Å². The summed E-state index contributed by atoms with van der Waals surface area (Å²) in [7, 11) is 0. The molecule has 0 aliphatic heterocycles. The molecular weight excluding hydrogens is 400 g/mol. The molecule has 0 saturated carbocycles. The smallest absolute Gasteiger partial charge is 0.428 e. The van der Waals surface area contributed by atoms with Crippen molar-refractivity contribution in [2.24, 2.45) is 0 Å². The quantitative estimate of drug-likeness (QED) is 0.263. The van der Waals surface area contributed by atoms with Crippen LogP contribution in [0.1, 0.15) is 83.1 Å². The van der Waals surface area contributed by atoms with Crippen molar-refractivity contribution in [3.63, 3.8) is 0 Å². The molecule has 0 aromatic carbocycles. The maximum atomic E-state index is 11.0. The van der Waals surface area contributed by atoms with Crippen molar-refractivity contribution < 1.29 is 47.6 Å². The Kier molecular flexibility index (Phi) is 10.9. The molecule has 0 aliphatic carbocycles. The van der Waals surface area contributed by atoms with Gasteiger partial charge < -0.3 is 28.4 Å². The first kappa shape index (κ1) is 29.7. The van der Waals surface area contributed by atoms with Crippen LogP contribution >= 0.6 is 0 Å². The number of carbonyl (C=O) groups is 4. The molecule has 10 nitrogen and oxygen atoms in total. The molecule has 0 saturated heterocycles. The summed E-state index contributed by atoms with van der Waals surface area (Å²) in [5.74, 6) is 0. The third-order valence-corrected chi connectivity index (χ3v) is 1.89. The third-order valence-electron chi connectivity index (χ3n) is 1.89. The molecule has 0 unspecified atom stereocenters. The predicted octanol–water partition coefficient (Wildman–Crippen LogP) is 5.75. The third kappa shape index (κ3) is 23.5. The SMILES string of the molecule is CC(C)(C)OC(=O)OC(=O)OC(C)(C)C.CC(C)(C)OC(=O)OC(=O)OC(C)(C)C. The van der Waals surface area contributed by atoms with Crippen LogP contribution in [0.25, 0.3) is 0 Å². The second kappa shape index (κ2) is 11.0. The van der Waals surface area contributed by atoms with Crippen LogP contribution in [-0.4, -0.2) is 47.0 Å². The first-order chi connectivity index (χ1) is 13.0. The zero-order valence-electron chi connectivity index (χ0n) is 20.1. The van der Waals surface area contributed by atoms with Gasteiger partial charge in [0.2, 0.25) is 0 Å². The summed E-state index contributed by atoms with van der Waals surface area (Å²) in [5.41, 5.74) is -2.78. The van der Waals surface area contributed by atoms with Gasteiger partial charge in [0.15, 0.2) is 0 Å². The largest absolute Gasteiger partial charge is 0.519 e. The van der Waals surface area contributed by atoms with E-state index in [-0.39, 0.29) is 0 Å². The van der Waals surface area contributed by atoms with Gasteiger partial charge in [0, 0.05) is 0 Å². The highest BCUT2D eigenvalue weighted by atomic mass is 16.8. The van der Waals surface area contributed by atoms with Gasteiger partial charge in [0.05, 0.1) is 0 Å². The van der Waals surface area contributed by atoms with Gasteiger partial charge in [0.1, 0.15) is 22.4 Å². The molecule has 0 bridgehead atoms. The molecule has 0 aromatic heterocycles. The number of carbonyl (C=O) groups excluding carboxylic acids is 4. The minimum atomic E-state index is -1.06. The van der Waals surface area contributed by atoms with E-state index in [1.54, 1.807) is 83.1 Å². The van der Waals surface area contributed by atoms with Crippen molar-refractivity contribution in [2.75, 3.05) is 0 Å². The highest BCUT2D eigenvalue weighted by Gasteiger charge is 2.25. The second-order valence-electron chi connectivity index (χ2n) is 10.1. The Hall–Kier alpha value is -2.52. The molecule has 0 rings (SSSR count). The molecule has 0 fully saturated rings. The lowest BCUT2D eigenvalue weighted by molar-refractivity contribution is -0.0318. The molecule has 0 heterocycles. The Balaban J connectivity index is 0. The number of ether oxygens (including phenoxy) is 6. The van der Waals surface area contributed by atoms with E-state index < -0.39 is 47.0 Å². The second-order valence-corrected chi connectivity index (χ2v) is 10.1. The lowest BCUT2D eigenvalue weighted by atomic mass is 10.2. The normalized spacial score (nSPS) is 11.9. The average molecular weight is 436 g/mol. The molecule has 0 amide bonds. The van der Waals surface area contributed by atoms with E-state index in [2.05, 4.69) is 9.47 Å². The van der Waals surface area contributed by atoms with Crippen LogP contribution in [-0.2, 0) is 28.4 Å². The lowest BCUT2D eigenvalue weighted by Crippen LogP contribution is -2.29. The Labute approximate surface area is 178 Å². The zero-order chi connectivity index (χ0) is 24.6. The van der Waals surface area contributed by atoms with E-state index in [4.69, 9.17) is 18.9 Å². The summed E-state index contributed by atoms with van der Waals surface area (Å²) in [6.45, 7) is 20.0. The first-order valence-corrected chi connectivity index (χ1v) is 9.27. The van der Waals surface area contributed by atoms with Crippen LogP contribution < -0.4 is 0 Å². The van der Waals surface area contributed by atoms with E-state index in [9.17, 15) is 19.2 Å². The Bertz CT molecular complexity index is 489. The number of hydrogen-bond acceptors (Lipinski definition) is 10. The van der Waals surface area contributed by atoms with Crippen LogP contribution in [0, 0.1) is 0 Å². The van der Waals surface area contributed by atoms with Gasteiger partial charge in [0.25, 0.3) is 0 Å². The van der Waals surface area contributed by atoms with Crippen LogP contribution in [0.15, 0.2) is 0 Å². The summed E-state index contributed by atoms with van der Waals surface area (Å²) >= 11 is 0. The summed E-state index contributed by atoms with van der Waals surface area (Å²) in [5, 5.41) is 0. The highest BCUT2D eigenvalue weighted by Crippen LogP contribution is 2.12. The van der Waals surface area contributed by atoms with Crippen molar-refractivity contribution in [3.8, 4) is 0 Å². The van der Waals surface area contributed by atoms with Crippen molar-refractivity contribution in [1.29, 1.82) is 0 Å². The monoisotopic (exact) mass is 436 g/mol. The van der Waals surface area contributed by atoms with Crippen LogP contribution in [0.2, 0.25) is 0 Å². The molecule has 0 aliphatic rings. The summed E-state index contributed by atoms with van der Waals surface area (Å²) in [6, 6.07) is 0. The topological polar surface area (TPSA) is 124 Å². The van der Waals surface area contributed by atoms with E-state index in [0.29, 0.717) is 0 Å². The Morgan fingerprint density at radius 3 is 0.600 bits per heavy atom. The van der Waals surface area contributed by atoms with Crippen LogP contribution in [0.5, 0.6) is 0 Å². The molecular formula is C20H36O10. The molecule has 176 valence electrons. The number of rotatable bonds is 0. The van der Waals surface area contributed by atoms with Gasteiger partial charge in [-0.25, -0.2) is 19.2 Å². The Morgan fingerprint density at radius 1 is 0.367 bits per heavy atom. The van der Waals surface area contributed by atoms with E-state index in [1.165, 1.54) is 0 Å². The molecule has 30 heavy (non-hydrogen) atoms. The van der Waals surface area contributed by atoms with Gasteiger partial charge in [-0.2, -0.15) is 0 Å². The van der Waals surface area contributed by atoms with Gasteiger partial charge in [-0.15, -0.1) is 0 Å². The fraction of sp³-hybridized carbons (Fsp3) is 0.800. The Morgan fingerprint density at radius 2 is 0.500 bits per heavy atom.